The van der Waals surface area contributed by atoms with Crippen molar-refractivity contribution in [1.82, 2.24) is 9.13 Å². The molecule has 3 rings (SSSR count). The SMILES string of the molecule is O=c1ccn([C@@H]2O[C@H](COP(=O)(O)C(F)(F)P(=O)(O)O)C(O)C2O)c(=O)n1CC(F)(F)c1ccccc1. The number of aliphatic hydroxyl groups is 2. The molecular formula is C18H20F4N2O11P2. The van der Waals surface area contributed by atoms with Crippen LogP contribution < -0.4 is 11.2 Å². The van der Waals surface area contributed by atoms with Crippen LogP contribution >= 0.6 is 15.2 Å². The van der Waals surface area contributed by atoms with Gasteiger partial charge in [0, 0.05) is 17.8 Å². The van der Waals surface area contributed by atoms with Crippen molar-refractivity contribution in [3.05, 3.63) is 69.0 Å². The van der Waals surface area contributed by atoms with E-state index in [4.69, 9.17) is 14.5 Å². The Hall–Kier alpha value is -2.20. The Morgan fingerprint density at radius 1 is 0.973 bits per heavy atom. The maximum atomic E-state index is 14.7. The van der Waals surface area contributed by atoms with Gasteiger partial charge in [0.05, 0.1) is 13.2 Å². The fourth-order valence-electron chi connectivity index (χ4n) is 3.36. The fourth-order valence-corrected chi connectivity index (χ4v) is 5.35. The minimum Gasteiger partial charge on any atom is -0.387 e. The molecule has 0 aliphatic carbocycles. The van der Waals surface area contributed by atoms with E-state index in [0.29, 0.717) is 10.6 Å². The standard InChI is InChI=1S/C18H20F4N2O11P2/c19-17(20,10-4-2-1-3-5-10)9-24-12(25)6-7-23(16(24)28)15-14(27)13(26)11(35-15)8-34-37(32,33)18(21,22)36(29,30)31/h1-7,11,13-15,26-27H,8-9H2,(H,32,33)(H2,29,30,31)/t11-,13?,14?,15-/m1/s1. The first kappa shape index (κ1) is 29.4. The van der Waals surface area contributed by atoms with Crippen molar-refractivity contribution < 1.29 is 60.8 Å². The average molecular weight is 578 g/mol. The van der Waals surface area contributed by atoms with Crippen LogP contribution in [0, 0.1) is 0 Å². The molecule has 5 N–H and O–H groups in total. The van der Waals surface area contributed by atoms with Gasteiger partial charge in [0.1, 0.15) is 18.3 Å². The van der Waals surface area contributed by atoms with Crippen LogP contribution in [0.15, 0.2) is 52.2 Å². The van der Waals surface area contributed by atoms with Gasteiger partial charge < -0.3 is 34.2 Å². The molecule has 2 heterocycles. The third-order valence-corrected chi connectivity index (χ3v) is 8.78. The van der Waals surface area contributed by atoms with Crippen LogP contribution in [0.25, 0.3) is 0 Å². The zero-order valence-corrected chi connectivity index (χ0v) is 20.0. The summed E-state index contributed by atoms with van der Waals surface area (Å²) in [6.07, 6.45) is -7.22. The highest BCUT2D eigenvalue weighted by atomic mass is 31.2. The molecule has 1 aromatic carbocycles. The number of ether oxygens (including phenoxy) is 1. The topological polar surface area (TPSA) is 198 Å². The van der Waals surface area contributed by atoms with E-state index in [1.807, 2.05) is 0 Å². The lowest BCUT2D eigenvalue weighted by molar-refractivity contribution is -0.0572. The number of aromatic nitrogens is 2. The zero-order valence-electron chi connectivity index (χ0n) is 18.3. The Kier molecular flexibility index (Phi) is 8.07. The third-order valence-electron chi connectivity index (χ3n) is 5.36. The van der Waals surface area contributed by atoms with Crippen molar-refractivity contribution in [3.63, 3.8) is 0 Å². The Morgan fingerprint density at radius 3 is 2.14 bits per heavy atom. The molecule has 0 radical (unpaired) electrons. The Morgan fingerprint density at radius 2 is 1.57 bits per heavy atom. The lowest BCUT2D eigenvalue weighted by Crippen LogP contribution is -2.45. The maximum Gasteiger partial charge on any atom is 0.443 e. The second-order valence-corrected chi connectivity index (χ2v) is 11.8. The van der Waals surface area contributed by atoms with Gasteiger partial charge in [-0.2, -0.15) is 17.6 Å². The van der Waals surface area contributed by atoms with Crippen LogP contribution in [0.3, 0.4) is 0 Å². The molecule has 0 bridgehead atoms. The van der Waals surface area contributed by atoms with Crippen molar-refractivity contribution in [2.75, 3.05) is 6.61 Å². The molecular weight excluding hydrogens is 558 g/mol. The van der Waals surface area contributed by atoms with E-state index >= 15 is 0 Å². The van der Waals surface area contributed by atoms with E-state index in [-0.39, 0.29) is 4.57 Å². The van der Waals surface area contributed by atoms with Crippen LogP contribution in [0.2, 0.25) is 0 Å². The summed E-state index contributed by atoms with van der Waals surface area (Å²) in [5.41, 5.74) is -3.07. The van der Waals surface area contributed by atoms with Crippen molar-refractivity contribution >= 4 is 15.2 Å². The van der Waals surface area contributed by atoms with Crippen LogP contribution in [0.4, 0.5) is 17.6 Å². The number of rotatable bonds is 9. The van der Waals surface area contributed by atoms with Crippen LogP contribution in [0.5, 0.6) is 0 Å². The van der Waals surface area contributed by atoms with Gasteiger partial charge in [-0.25, -0.2) is 4.79 Å². The van der Waals surface area contributed by atoms with Crippen molar-refractivity contribution in [2.45, 2.75) is 42.4 Å². The highest BCUT2D eigenvalue weighted by Crippen LogP contribution is 2.73. The second kappa shape index (κ2) is 10.2. The Bertz CT molecular complexity index is 1350. The molecule has 5 atom stereocenters. The molecule has 1 aromatic heterocycles. The maximum absolute atomic E-state index is 14.7. The number of alkyl halides is 4. The van der Waals surface area contributed by atoms with E-state index in [1.54, 1.807) is 0 Å². The number of nitrogens with zero attached hydrogens (tertiary/aromatic N) is 2. The number of benzene rings is 1. The van der Waals surface area contributed by atoms with Gasteiger partial charge in [-0.15, -0.1) is 0 Å². The molecule has 19 heteroatoms. The first-order chi connectivity index (χ1) is 16.9. The first-order valence-electron chi connectivity index (χ1n) is 10.1. The lowest BCUT2D eigenvalue weighted by atomic mass is 10.1. The van der Waals surface area contributed by atoms with Gasteiger partial charge >= 0.3 is 26.3 Å². The smallest absolute Gasteiger partial charge is 0.387 e. The number of aliphatic hydroxyl groups excluding tert-OH is 2. The van der Waals surface area contributed by atoms with Crippen molar-refractivity contribution in [1.29, 1.82) is 0 Å². The van der Waals surface area contributed by atoms with E-state index in [2.05, 4.69) is 4.52 Å². The Balaban J connectivity index is 1.85. The number of halogens is 4. The summed E-state index contributed by atoms with van der Waals surface area (Å²) in [5, 5.41) is 14.9. The highest BCUT2D eigenvalue weighted by Gasteiger charge is 2.65. The highest BCUT2D eigenvalue weighted by molar-refractivity contribution is 7.72. The molecule has 2 aromatic rings. The molecule has 1 aliphatic heterocycles. The van der Waals surface area contributed by atoms with Gasteiger partial charge in [0.2, 0.25) is 0 Å². The molecule has 37 heavy (non-hydrogen) atoms. The predicted molar refractivity (Wildman–Crippen MR) is 114 cm³/mol. The van der Waals surface area contributed by atoms with E-state index in [9.17, 15) is 51.4 Å². The van der Waals surface area contributed by atoms with Crippen LogP contribution in [0.1, 0.15) is 11.8 Å². The summed E-state index contributed by atoms with van der Waals surface area (Å²) >= 11 is 0. The lowest BCUT2D eigenvalue weighted by Gasteiger charge is -2.24. The molecule has 13 nitrogen and oxygen atoms in total. The molecule has 1 aliphatic rings. The summed E-state index contributed by atoms with van der Waals surface area (Å²) in [6, 6.07) is 6.89. The van der Waals surface area contributed by atoms with Crippen molar-refractivity contribution in [3.8, 4) is 0 Å². The van der Waals surface area contributed by atoms with E-state index in [0.717, 1.165) is 18.3 Å². The van der Waals surface area contributed by atoms with Gasteiger partial charge in [-0.05, 0) is 0 Å². The molecule has 206 valence electrons. The monoisotopic (exact) mass is 578 g/mol. The van der Waals surface area contributed by atoms with Gasteiger partial charge in [0.15, 0.2) is 6.23 Å². The minimum atomic E-state index is -6.46. The fraction of sp³-hybridized carbons (Fsp3) is 0.444. The molecule has 1 fully saturated rings. The van der Waals surface area contributed by atoms with Gasteiger partial charge in [0.25, 0.3) is 11.5 Å². The number of hydrogen-bond donors (Lipinski definition) is 5. The number of hydrogen-bond acceptors (Lipinski definition) is 8. The van der Waals surface area contributed by atoms with Crippen LogP contribution in [-0.4, -0.2) is 64.4 Å². The molecule has 3 unspecified atom stereocenters. The largest absolute Gasteiger partial charge is 0.443 e. The van der Waals surface area contributed by atoms with E-state index < -0.39 is 81.0 Å². The summed E-state index contributed by atoms with van der Waals surface area (Å²) < 4.78 is 88.8. The molecule has 0 amide bonds. The molecule has 0 saturated carbocycles. The summed E-state index contributed by atoms with van der Waals surface area (Å²) in [6.45, 7) is -2.84. The quantitative estimate of drug-likeness (QED) is 0.203. The Labute approximate surface area is 203 Å². The van der Waals surface area contributed by atoms with Gasteiger partial charge in [-0.3, -0.25) is 23.1 Å². The first-order valence-corrected chi connectivity index (χ1v) is 13.3. The zero-order chi connectivity index (χ0) is 28.0. The van der Waals surface area contributed by atoms with Crippen LogP contribution in [-0.2, 0) is 30.9 Å². The summed E-state index contributed by atoms with van der Waals surface area (Å²) in [7, 11) is -12.8. The predicted octanol–water partition coefficient (Wildman–Crippen LogP) is 0.351. The second-order valence-electron chi connectivity index (χ2n) is 7.92. The molecule has 0 spiro atoms. The summed E-state index contributed by atoms with van der Waals surface area (Å²) in [5.74, 6) is -3.69. The average Bonchev–Trinajstić information content (AvgIpc) is 3.09. The third kappa shape index (κ3) is 5.65. The molecule has 1 saturated heterocycles. The minimum absolute atomic E-state index is 0.127. The van der Waals surface area contributed by atoms with E-state index in [1.165, 1.54) is 18.2 Å². The summed E-state index contributed by atoms with van der Waals surface area (Å²) in [4.78, 5) is 51.5. The van der Waals surface area contributed by atoms with Crippen molar-refractivity contribution in [2.24, 2.45) is 0 Å². The normalized spacial score (nSPS) is 24.7. The van der Waals surface area contributed by atoms with Gasteiger partial charge in [-0.1, -0.05) is 30.3 Å².